The first kappa shape index (κ1) is 17.8. The lowest BCUT2D eigenvalue weighted by Crippen LogP contribution is -2.42. The fourth-order valence-corrected chi connectivity index (χ4v) is 3.18. The maximum atomic E-state index is 12.0. The van der Waals surface area contributed by atoms with Crippen molar-refractivity contribution in [2.75, 3.05) is 19.1 Å². The molecule has 2 heterocycles. The van der Waals surface area contributed by atoms with E-state index in [1.807, 2.05) is 41.3 Å². The molecule has 28 heavy (non-hydrogen) atoms. The molecule has 0 spiro atoms. The largest absolute Gasteiger partial charge is 0.497 e. The Balaban J connectivity index is 1.85. The minimum absolute atomic E-state index is 0.419. The van der Waals surface area contributed by atoms with E-state index in [-0.39, 0.29) is 0 Å². The molecule has 1 aliphatic rings. The average molecular weight is 377 g/mol. The maximum absolute atomic E-state index is 12.0. The molecule has 0 bridgehead atoms. The van der Waals surface area contributed by atoms with Crippen molar-refractivity contribution >= 4 is 23.4 Å². The van der Waals surface area contributed by atoms with E-state index in [4.69, 9.17) is 19.6 Å². The van der Waals surface area contributed by atoms with Gasteiger partial charge in [0.1, 0.15) is 17.8 Å². The Morgan fingerprint density at radius 2 is 1.93 bits per heavy atom. The van der Waals surface area contributed by atoms with Gasteiger partial charge in [-0.1, -0.05) is 12.1 Å². The van der Waals surface area contributed by atoms with E-state index in [1.54, 1.807) is 31.6 Å². The summed E-state index contributed by atoms with van der Waals surface area (Å²) in [4.78, 5) is 18.5. The monoisotopic (exact) mass is 377 g/mol. The number of fused-ring (bicyclic) bond motifs is 1. The second-order valence-electron chi connectivity index (χ2n) is 6.20. The first-order chi connectivity index (χ1) is 13.6. The zero-order valence-corrected chi connectivity index (χ0v) is 15.5. The number of rotatable bonds is 4. The standard InChI is InChI=1S/C21H19N3O4/c1-26-16-8-6-15(7-9-16)24-18(22)17-10-11-28-20(17)23-19(24)13-4-3-5-14(12-13)21(25)27-2/h3-12,18H,22H2,1-2H3. The molecule has 1 atom stereocenters. The summed E-state index contributed by atoms with van der Waals surface area (Å²) in [5, 5.41) is 0. The highest BCUT2D eigenvalue weighted by atomic mass is 16.5. The molecule has 142 valence electrons. The van der Waals surface area contributed by atoms with Crippen LogP contribution in [0.2, 0.25) is 0 Å². The number of esters is 1. The van der Waals surface area contributed by atoms with Crippen LogP contribution in [0.15, 0.2) is 70.3 Å². The molecule has 2 aromatic carbocycles. The van der Waals surface area contributed by atoms with Gasteiger partial charge >= 0.3 is 5.97 Å². The van der Waals surface area contributed by atoms with Crippen molar-refractivity contribution in [3.8, 4) is 5.75 Å². The Morgan fingerprint density at radius 1 is 1.14 bits per heavy atom. The first-order valence-corrected chi connectivity index (χ1v) is 8.66. The van der Waals surface area contributed by atoms with Gasteiger partial charge in [0.15, 0.2) is 0 Å². The minimum atomic E-state index is -0.503. The Hall–Kier alpha value is -3.58. The smallest absolute Gasteiger partial charge is 0.337 e. The van der Waals surface area contributed by atoms with Crippen molar-refractivity contribution in [1.82, 2.24) is 0 Å². The SMILES string of the molecule is COC(=O)c1cccc(C2=Nc3occc3C(N)N2c2ccc(OC)cc2)c1. The fraction of sp³-hybridized carbons (Fsp3) is 0.143. The molecule has 0 amide bonds. The van der Waals surface area contributed by atoms with Crippen molar-refractivity contribution in [1.29, 1.82) is 0 Å². The normalized spacial score (nSPS) is 15.6. The number of benzene rings is 2. The molecule has 0 saturated heterocycles. The molecule has 3 aromatic rings. The predicted molar refractivity (Wildman–Crippen MR) is 105 cm³/mol. The van der Waals surface area contributed by atoms with Crippen molar-refractivity contribution in [2.24, 2.45) is 10.7 Å². The number of nitrogens with zero attached hydrogens (tertiary/aromatic N) is 2. The van der Waals surface area contributed by atoms with E-state index in [9.17, 15) is 4.79 Å². The van der Waals surface area contributed by atoms with Crippen molar-refractivity contribution in [2.45, 2.75) is 6.17 Å². The Bertz CT molecular complexity index is 1040. The van der Waals surface area contributed by atoms with Gasteiger partial charge in [-0.15, -0.1) is 0 Å². The number of amidine groups is 1. The number of anilines is 1. The van der Waals surface area contributed by atoms with Gasteiger partial charge in [0.25, 0.3) is 0 Å². The van der Waals surface area contributed by atoms with E-state index in [2.05, 4.69) is 4.99 Å². The van der Waals surface area contributed by atoms with Crippen LogP contribution < -0.4 is 15.4 Å². The maximum Gasteiger partial charge on any atom is 0.337 e. The van der Waals surface area contributed by atoms with Gasteiger partial charge < -0.3 is 24.5 Å². The molecule has 0 aliphatic carbocycles. The van der Waals surface area contributed by atoms with Crippen LogP contribution in [0.1, 0.15) is 27.7 Å². The molecule has 0 saturated carbocycles. The van der Waals surface area contributed by atoms with Crippen LogP contribution in [0, 0.1) is 0 Å². The van der Waals surface area contributed by atoms with E-state index < -0.39 is 12.1 Å². The lowest BCUT2D eigenvalue weighted by atomic mass is 10.1. The zero-order valence-electron chi connectivity index (χ0n) is 15.5. The van der Waals surface area contributed by atoms with Gasteiger partial charge in [-0.25, -0.2) is 4.79 Å². The summed E-state index contributed by atoms with van der Waals surface area (Å²) in [6, 6.07) is 16.4. The first-order valence-electron chi connectivity index (χ1n) is 8.66. The van der Waals surface area contributed by atoms with Gasteiger partial charge in [0, 0.05) is 11.3 Å². The van der Waals surface area contributed by atoms with Crippen LogP contribution in [0.5, 0.6) is 5.75 Å². The topological polar surface area (TPSA) is 90.3 Å². The number of nitrogens with two attached hydrogens (primary N) is 1. The van der Waals surface area contributed by atoms with Crippen LogP contribution in [-0.2, 0) is 4.74 Å². The average Bonchev–Trinajstić information content (AvgIpc) is 3.22. The van der Waals surface area contributed by atoms with Crippen LogP contribution in [-0.4, -0.2) is 26.0 Å². The van der Waals surface area contributed by atoms with Gasteiger partial charge in [0.2, 0.25) is 5.88 Å². The van der Waals surface area contributed by atoms with Crippen LogP contribution in [0.4, 0.5) is 11.6 Å². The molecular weight excluding hydrogens is 358 g/mol. The van der Waals surface area contributed by atoms with Crippen molar-refractivity contribution in [3.05, 3.63) is 77.6 Å². The summed E-state index contributed by atoms with van der Waals surface area (Å²) < 4.78 is 15.6. The summed E-state index contributed by atoms with van der Waals surface area (Å²) in [5.41, 5.74) is 9.31. The third-order valence-electron chi connectivity index (χ3n) is 4.60. The molecule has 4 rings (SSSR count). The van der Waals surface area contributed by atoms with Crippen LogP contribution in [0.25, 0.3) is 0 Å². The molecule has 7 heteroatoms. The molecule has 1 unspecified atom stereocenters. The number of ether oxygens (including phenoxy) is 2. The third-order valence-corrected chi connectivity index (χ3v) is 4.60. The highest BCUT2D eigenvalue weighted by molar-refractivity contribution is 6.13. The number of aliphatic imine (C=N–C) groups is 1. The summed E-state index contributed by atoms with van der Waals surface area (Å²) >= 11 is 0. The summed E-state index contributed by atoms with van der Waals surface area (Å²) in [7, 11) is 2.96. The molecule has 1 aromatic heterocycles. The minimum Gasteiger partial charge on any atom is -0.497 e. The lowest BCUT2D eigenvalue weighted by Gasteiger charge is -2.34. The van der Waals surface area contributed by atoms with Crippen molar-refractivity contribution < 1.29 is 18.7 Å². The number of furan rings is 1. The number of hydrogen-bond donors (Lipinski definition) is 1. The second-order valence-corrected chi connectivity index (χ2v) is 6.20. The van der Waals surface area contributed by atoms with E-state index in [1.165, 1.54) is 7.11 Å². The Kier molecular flexibility index (Phi) is 4.58. The summed E-state index contributed by atoms with van der Waals surface area (Å²) in [5.74, 6) is 1.35. The quantitative estimate of drug-likeness (QED) is 0.698. The molecule has 1 aliphatic heterocycles. The molecule has 0 radical (unpaired) electrons. The number of carbonyl (C=O) groups excluding carboxylic acids is 1. The van der Waals surface area contributed by atoms with Crippen molar-refractivity contribution in [3.63, 3.8) is 0 Å². The van der Waals surface area contributed by atoms with Crippen LogP contribution >= 0.6 is 0 Å². The summed E-state index contributed by atoms with van der Waals surface area (Å²) in [6.45, 7) is 0. The zero-order chi connectivity index (χ0) is 19.7. The molecule has 7 nitrogen and oxygen atoms in total. The van der Waals surface area contributed by atoms with Gasteiger partial charge in [-0.3, -0.25) is 0 Å². The van der Waals surface area contributed by atoms with Gasteiger partial charge in [0.05, 0.1) is 31.6 Å². The lowest BCUT2D eigenvalue weighted by molar-refractivity contribution is 0.0600. The number of methoxy groups -OCH3 is 2. The van der Waals surface area contributed by atoms with E-state index >= 15 is 0 Å². The molecular formula is C21H19N3O4. The summed E-state index contributed by atoms with van der Waals surface area (Å²) in [6.07, 6.45) is 1.06. The molecule has 0 fully saturated rings. The van der Waals surface area contributed by atoms with Gasteiger partial charge in [-0.2, -0.15) is 4.99 Å². The fourth-order valence-electron chi connectivity index (χ4n) is 3.18. The Labute approximate surface area is 162 Å². The third kappa shape index (κ3) is 3.01. The van der Waals surface area contributed by atoms with E-state index in [0.717, 1.165) is 22.6 Å². The van der Waals surface area contributed by atoms with Gasteiger partial charge in [-0.05, 0) is 42.5 Å². The highest BCUT2D eigenvalue weighted by Gasteiger charge is 2.31. The number of carbonyl (C=O) groups is 1. The second kappa shape index (κ2) is 7.21. The Morgan fingerprint density at radius 3 is 2.64 bits per heavy atom. The number of hydrogen-bond acceptors (Lipinski definition) is 7. The predicted octanol–water partition coefficient (Wildman–Crippen LogP) is 3.63. The highest BCUT2D eigenvalue weighted by Crippen LogP contribution is 2.37. The van der Waals surface area contributed by atoms with E-state index in [0.29, 0.717) is 17.3 Å². The van der Waals surface area contributed by atoms with Crippen LogP contribution in [0.3, 0.4) is 0 Å². The molecule has 2 N–H and O–H groups in total.